The van der Waals surface area contributed by atoms with Gasteiger partial charge in [0.1, 0.15) is 5.76 Å². The van der Waals surface area contributed by atoms with E-state index in [1.807, 2.05) is 26.0 Å². The first-order chi connectivity index (χ1) is 11.6. The fraction of sp³-hybridized carbons (Fsp3) is 0.444. The Morgan fingerprint density at radius 2 is 2.00 bits per heavy atom. The van der Waals surface area contributed by atoms with E-state index in [1.165, 1.54) is 5.56 Å². The number of rotatable bonds is 9. The zero-order chi connectivity index (χ0) is 17.4. The van der Waals surface area contributed by atoms with Crippen LogP contribution >= 0.6 is 11.8 Å². The molecule has 1 heterocycles. The number of thioether (sulfide) groups is 1. The predicted octanol–water partition coefficient (Wildman–Crippen LogP) is 3.45. The molecule has 5 nitrogen and oxygen atoms in total. The van der Waals surface area contributed by atoms with E-state index in [0.717, 1.165) is 41.4 Å². The topological polar surface area (TPSA) is 67.2 Å². The van der Waals surface area contributed by atoms with E-state index in [2.05, 4.69) is 34.8 Å². The second-order valence-electron chi connectivity index (χ2n) is 5.74. The first-order valence-electron chi connectivity index (χ1n) is 8.13. The molecule has 2 aromatic rings. The number of aryl methyl sites for hydroxylation is 3. The van der Waals surface area contributed by atoms with Crippen LogP contribution in [0.1, 0.15) is 29.0 Å². The van der Waals surface area contributed by atoms with Gasteiger partial charge >= 0.3 is 0 Å². The molecule has 1 aromatic carbocycles. The van der Waals surface area contributed by atoms with Gasteiger partial charge in [0.15, 0.2) is 0 Å². The van der Waals surface area contributed by atoms with Crippen molar-refractivity contribution in [3.05, 3.63) is 46.8 Å². The normalized spacial score (nSPS) is 10.6. The van der Waals surface area contributed by atoms with Gasteiger partial charge in [0.25, 0.3) is 0 Å². The number of benzene rings is 1. The van der Waals surface area contributed by atoms with Gasteiger partial charge in [-0.2, -0.15) is 0 Å². The average molecular weight is 347 g/mol. The molecule has 2 N–H and O–H groups in total. The van der Waals surface area contributed by atoms with Crippen LogP contribution in [-0.4, -0.2) is 29.9 Å². The number of nitrogens with zero attached hydrogens (tertiary/aromatic N) is 1. The molecule has 0 saturated carbocycles. The van der Waals surface area contributed by atoms with Crippen molar-refractivity contribution in [3.8, 4) is 0 Å². The lowest BCUT2D eigenvalue weighted by Gasteiger charge is -2.09. The van der Waals surface area contributed by atoms with Crippen LogP contribution < -0.4 is 10.6 Å². The third kappa shape index (κ3) is 5.60. The molecule has 0 radical (unpaired) electrons. The van der Waals surface area contributed by atoms with Crippen LogP contribution in [0.2, 0.25) is 0 Å². The quantitative estimate of drug-likeness (QED) is 0.680. The smallest absolute Gasteiger partial charge is 0.230 e. The Morgan fingerprint density at radius 3 is 2.71 bits per heavy atom. The summed E-state index contributed by atoms with van der Waals surface area (Å²) >= 11 is 1.58. The molecular weight excluding hydrogens is 322 g/mol. The molecule has 0 aliphatic rings. The molecule has 0 fully saturated rings. The summed E-state index contributed by atoms with van der Waals surface area (Å²) in [6.07, 6.45) is 0.897. The summed E-state index contributed by atoms with van der Waals surface area (Å²) in [6, 6.07) is 8.20. The van der Waals surface area contributed by atoms with Crippen molar-refractivity contribution in [1.82, 2.24) is 10.5 Å². The number of aromatic nitrogens is 1. The Morgan fingerprint density at radius 1 is 1.21 bits per heavy atom. The van der Waals surface area contributed by atoms with E-state index >= 15 is 0 Å². The van der Waals surface area contributed by atoms with Gasteiger partial charge in [0.2, 0.25) is 5.91 Å². The SMILES string of the molecule is Cc1ccccc1NCCCNC(=O)CSCc1c(C)noc1C. The average Bonchev–Trinajstić information content (AvgIpc) is 2.88. The molecule has 2 rings (SSSR count). The number of nitrogens with one attached hydrogen (secondary N) is 2. The lowest BCUT2D eigenvalue weighted by Crippen LogP contribution is -2.27. The van der Waals surface area contributed by atoms with Crippen molar-refractivity contribution < 1.29 is 9.32 Å². The molecule has 0 spiro atoms. The fourth-order valence-electron chi connectivity index (χ4n) is 2.32. The maximum Gasteiger partial charge on any atom is 0.230 e. The van der Waals surface area contributed by atoms with E-state index < -0.39 is 0 Å². The molecular formula is C18H25N3O2S. The third-order valence-corrected chi connectivity index (χ3v) is 4.76. The van der Waals surface area contributed by atoms with Gasteiger partial charge in [-0.05, 0) is 38.8 Å². The van der Waals surface area contributed by atoms with E-state index in [1.54, 1.807) is 11.8 Å². The van der Waals surface area contributed by atoms with E-state index in [9.17, 15) is 4.79 Å². The summed E-state index contributed by atoms with van der Waals surface area (Å²) < 4.78 is 5.12. The highest BCUT2D eigenvalue weighted by Crippen LogP contribution is 2.19. The van der Waals surface area contributed by atoms with E-state index in [0.29, 0.717) is 12.3 Å². The lowest BCUT2D eigenvalue weighted by atomic mass is 10.2. The summed E-state index contributed by atoms with van der Waals surface area (Å²) in [7, 11) is 0. The Balaban J connectivity index is 1.56. The molecule has 6 heteroatoms. The molecule has 1 amide bonds. The second-order valence-corrected chi connectivity index (χ2v) is 6.73. The lowest BCUT2D eigenvalue weighted by molar-refractivity contribution is -0.118. The van der Waals surface area contributed by atoms with E-state index in [4.69, 9.17) is 4.52 Å². The Hall–Kier alpha value is -1.95. The summed E-state index contributed by atoms with van der Waals surface area (Å²) in [5, 5.41) is 10.3. The minimum Gasteiger partial charge on any atom is -0.385 e. The molecule has 0 unspecified atom stereocenters. The molecule has 0 atom stereocenters. The van der Waals surface area contributed by atoms with Crippen LogP contribution in [0.3, 0.4) is 0 Å². The van der Waals surface area contributed by atoms with Crippen molar-refractivity contribution >= 4 is 23.4 Å². The first kappa shape index (κ1) is 18.4. The van der Waals surface area contributed by atoms with Gasteiger partial charge < -0.3 is 15.2 Å². The summed E-state index contributed by atoms with van der Waals surface area (Å²) in [5.74, 6) is 2.11. The monoisotopic (exact) mass is 347 g/mol. The first-order valence-corrected chi connectivity index (χ1v) is 9.29. The Labute approximate surface area is 147 Å². The zero-order valence-electron chi connectivity index (χ0n) is 14.5. The zero-order valence-corrected chi connectivity index (χ0v) is 15.3. The number of hydrogen-bond acceptors (Lipinski definition) is 5. The van der Waals surface area contributed by atoms with Crippen LogP contribution in [-0.2, 0) is 10.5 Å². The van der Waals surface area contributed by atoms with Crippen molar-refractivity contribution in [2.75, 3.05) is 24.2 Å². The van der Waals surface area contributed by atoms with Crippen molar-refractivity contribution in [3.63, 3.8) is 0 Å². The van der Waals surface area contributed by atoms with Gasteiger partial charge in [-0.15, -0.1) is 11.8 Å². The summed E-state index contributed by atoms with van der Waals surface area (Å²) in [5.41, 5.74) is 4.38. The van der Waals surface area contributed by atoms with Gasteiger partial charge in [-0.3, -0.25) is 4.79 Å². The largest absolute Gasteiger partial charge is 0.385 e. The second kappa shape index (κ2) is 9.37. The molecule has 130 valence electrons. The van der Waals surface area contributed by atoms with Gasteiger partial charge in [0.05, 0.1) is 11.4 Å². The number of para-hydroxylation sites is 1. The van der Waals surface area contributed by atoms with Crippen molar-refractivity contribution in [2.45, 2.75) is 32.9 Å². The maximum atomic E-state index is 11.8. The third-order valence-electron chi connectivity index (χ3n) is 3.80. The van der Waals surface area contributed by atoms with Crippen LogP contribution in [0.15, 0.2) is 28.8 Å². The highest BCUT2D eigenvalue weighted by Gasteiger charge is 2.09. The fourth-order valence-corrected chi connectivity index (χ4v) is 3.32. The molecule has 1 aromatic heterocycles. The number of hydrogen-bond donors (Lipinski definition) is 2. The van der Waals surface area contributed by atoms with E-state index in [-0.39, 0.29) is 5.91 Å². The highest BCUT2D eigenvalue weighted by atomic mass is 32.2. The predicted molar refractivity (Wildman–Crippen MR) is 99.4 cm³/mol. The summed E-state index contributed by atoms with van der Waals surface area (Å²) in [6.45, 7) is 7.44. The van der Waals surface area contributed by atoms with Crippen molar-refractivity contribution in [2.24, 2.45) is 0 Å². The molecule has 24 heavy (non-hydrogen) atoms. The van der Waals surface area contributed by atoms with Gasteiger partial charge in [0, 0.05) is 30.1 Å². The highest BCUT2D eigenvalue weighted by molar-refractivity contribution is 7.99. The van der Waals surface area contributed by atoms with Crippen molar-refractivity contribution in [1.29, 1.82) is 0 Å². The number of carbonyl (C=O) groups excluding carboxylic acids is 1. The van der Waals surface area contributed by atoms with Crippen LogP contribution in [0.4, 0.5) is 5.69 Å². The van der Waals surface area contributed by atoms with Crippen LogP contribution in [0, 0.1) is 20.8 Å². The van der Waals surface area contributed by atoms with Crippen LogP contribution in [0.5, 0.6) is 0 Å². The molecule has 0 bridgehead atoms. The number of amides is 1. The summed E-state index contributed by atoms with van der Waals surface area (Å²) in [4.78, 5) is 11.8. The van der Waals surface area contributed by atoms with Gasteiger partial charge in [-0.25, -0.2) is 0 Å². The Bertz CT molecular complexity index is 651. The number of anilines is 1. The maximum absolute atomic E-state index is 11.8. The standard InChI is InChI=1S/C18H25N3O2S/c1-13-7-4-5-8-17(13)19-9-6-10-20-18(22)12-24-11-16-14(2)21-23-15(16)3/h4-5,7-8,19H,6,9-12H2,1-3H3,(H,20,22). The minimum atomic E-state index is 0.0719. The number of carbonyl (C=O) groups is 1. The minimum absolute atomic E-state index is 0.0719. The Kier molecular flexibility index (Phi) is 7.18. The molecule has 0 aliphatic carbocycles. The molecule has 0 aliphatic heterocycles. The van der Waals surface area contributed by atoms with Crippen LogP contribution in [0.25, 0.3) is 0 Å². The molecule has 0 saturated heterocycles. The van der Waals surface area contributed by atoms with Gasteiger partial charge in [-0.1, -0.05) is 23.4 Å².